The van der Waals surface area contributed by atoms with Gasteiger partial charge in [-0.15, -0.1) is 0 Å². The Morgan fingerprint density at radius 3 is 2.33 bits per heavy atom. The van der Waals surface area contributed by atoms with Crippen molar-refractivity contribution in [3.63, 3.8) is 0 Å². The maximum Gasteiger partial charge on any atom is 0.121 e. The van der Waals surface area contributed by atoms with Gasteiger partial charge in [0.05, 0.1) is 6.10 Å². The minimum atomic E-state index is -1.06. The molecule has 0 saturated heterocycles. The number of phenols is 1. The minimum Gasteiger partial charge on any atom is -0.508 e. The molecular formula is C14H21BrO3. The van der Waals surface area contributed by atoms with Gasteiger partial charge in [0.25, 0.3) is 0 Å². The number of aliphatic hydroxyl groups excluding tert-OH is 2. The molecule has 0 heterocycles. The first-order valence-electron chi connectivity index (χ1n) is 6.03. The third kappa shape index (κ3) is 3.70. The maximum atomic E-state index is 10.1. The van der Waals surface area contributed by atoms with Gasteiger partial charge < -0.3 is 15.3 Å². The normalized spacial score (nSPS) is 15.4. The van der Waals surface area contributed by atoms with Crippen molar-refractivity contribution in [2.45, 2.75) is 44.8 Å². The van der Waals surface area contributed by atoms with Crippen LogP contribution in [-0.2, 0) is 5.41 Å². The fourth-order valence-corrected chi connectivity index (χ4v) is 2.20. The van der Waals surface area contributed by atoms with E-state index in [2.05, 4.69) is 36.7 Å². The number of halogens is 1. The zero-order valence-electron chi connectivity index (χ0n) is 11.0. The summed E-state index contributed by atoms with van der Waals surface area (Å²) < 4.78 is 0. The number of hydrogen-bond acceptors (Lipinski definition) is 3. The molecule has 0 amide bonds. The first-order valence-corrected chi connectivity index (χ1v) is 7.15. The predicted octanol–water partition coefficient (Wildman–Crippen LogP) is 2.87. The lowest BCUT2D eigenvalue weighted by atomic mass is 9.85. The molecule has 1 aromatic carbocycles. The molecule has 0 bridgehead atoms. The van der Waals surface area contributed by atoms with Gasteiger partial charge in [0, 0.05) is 10.9 Å². The van der Waals surface area contributed by atoms with Crippen molar-refractivity contribution in [3.8, 4) is 5.75 Å². The van der Waals surface area contributed by atoms with E-state index in [-0.39, 0.29) is 11.2 Å². The van der Waals surface area contributed by atoms with Crippen LogP contribution in [0, 0.1) is 0 Å². The van der Waals surface area contributed by atoms with Crippen molar-refractivity contribution in [2.75, 3.05) is 5.33 Å². The molecule has 4 heteroatoms. The molecule has 0 aliphatic rings. The van der Waals surface area contributed by atoms with Crippen LogP contribution in [0.15, 0.2) is 18.2 Å². The third-order valence-electron chi connectivity index (χ3n) is 2.98. The quantitative estimate of drug-likeness (QED) is 0.748. The summed E-state index contributed by atoms with van der Waals surface area (Å²) in [4.78, 5) is 0. The predicted molar refractivity (Wildman–Crippen MR) is 76.2 cm³/mol. The topological polar surface area (TPSA) is 60.7 Å². The highest BCUT2D eigenvalue weighted by Crippen LogP contribution is 2.32. The summed E-state index contributed by atoms with van der Waals surface area (Å²) in [5.41, 5.74) is 1.33. The van der Waals surface area contributed by atoms with E-state index in [4.69, 9.17) is 0 Å². The summed E-state index contributed by atoms with van der Waals surface area (Å²) in [6, 6.07) is 5.17. The van der Waals surface area contributed by atoms with E-state index < -0.39 is 12.2 Å². The van der Waals surface area contributed by atoms with Crippen LogP contribution in [0.25, 0.3) is 0 Å². The molecule has 0 spiro atoms. The van der Waals surface area contributed by atoms with E-state index in [1.807, 2.05) is 6.07 Å². The number of rotatable bonds is 4. The van der Waals surface area contributed by atoms with E-state index >= 15 is 0 Å². The molecule has 102 valence electrons. The molecule has 0 aliphatic carbocycles. The summed E-state index contributed by atoms with van der Waals surface area (Å²) >= 11 is 3.22. The van der Waals surface area contributed by atoms with Crippen molar-refractivity contribution in [2.24, 2.45) is 0 Å². The Bertz CT molecular complexity index is 399. The summed E-state index contributed by atoms with van der Waals surface area (Å²) in [6.07, 6.45) is -1.52. The molecule has 0 aliphatic heterocycles. The van der Waals surface area contributed by atoms with Crippen LogP contribution >= 0.6 is 15.9 Å². The summed E-state index contributed by atoms with van der Waals surface area (Å²) in [5, 5.41) is 30.3. The van der Waals surface area contributed by atoms with Crippen molar-refractivity contribution >= 4 is 15.9 Å². The Kier molecular flexibility index (Phi) is 5.20. The Balaban J connectivity index is 3.08. The number of aliphatic hydroxyl groups is 2. The van der Waals surface area contributed by atoms with Crippen LogP contribution in [0.4, 0.5) is 0 Å². The molecule has 3 nitrogen and oxygen atoms in total. The molecule has 2 unspecified atom stereocenters. The van der Waals surface area contributed by atoms with Crippen LogP contribution in [0.1, 0.15) is 44.4 Å². The standard InChI is InChI=1S/C14H21BrO3/c1-14(2,3)9-4-5-11(16)10(8-9)13(18)12(17)6-7-15/h4-5,8,12-13,16-18H,6-7H2,1-3H3. The largest absolute Gasteiger partial charge is 0.508 e. The third-order valence-corrected chi connectivity index (χ3v) is 3.44. The molecule has 3 N–H and O–H groups in total. The van der Waals surface area contributed by atoms with Crippen LogP contribution in [0.3, 0.4) is 0 Å². The van der Waals surface area contributed by atoms with Gasteiger partial charge >= 0.3 is 0 Å². The summed E-state index contributed by atoms with van der Waals surface area (Å²) in [5.74, 6) is 0.0177. The van der Waals surface area contributed by atoms with E-state index in [9.17, 15) is 15.3 Å². The van der Waals surface area contributed by atoms with Crippen molar-refractivity contribution in [3.05, 3.63) is 29.3 Å². The number of alkyl halides is 1. The molecule has 0 saturated carbocycles. The number of phenolic OH excluding ortho intramolecular Hbond substituents is 1. The maximum absolute atomic E-state index is 10.1. The lowest BCUT2D eigenvalue weighted by Crippen LogP contribution is -2.20. The molecule has 0 aromatic heterocycles. The van der Waals surface area contributed by atoms with Crippen LogP contribution in [0.2, 0.25) is 0 Å². The van der Waals surface area contributed by atoms with E-state index in [1.165, 1.54) is 0 Å². The fraction of sp³-hybridized carbons (Fsp3) is 0.571. The molecular weight excluding hydrogens is 296 g/mol. The van der Waals surface area contributed by atoms with Crippen LogP contribution in [-0.4, -0.2) is 26.8 Å². The first-order chi connectivity index (χ1) is 8.27. The molecule has 0 radical (unpaired) electrons. The van der Waals surface area contributed by atoms with Gasteiger partial charge in [-0.3, -0.25) is 0 Å². The Morgan fingerprint density at radius 2 is 1.83 bits per heavy atom. The number of hydrogen-bond donors (Lipinski definition) is 3. The second kappa shape index (κ2) is 6.04. The highest BCUT2D eigenvalue weighted by atomic mass is 79.9. The van der Waals surface area contributed by atoms with E-state index in [1.54, 1.807) is 12.1 Å². The monoisotopic (exact) mass is 316 g/mol. The van der Waals surface area contributed by atoms with E-state index in [0.29, 0.717) is 17.3 Å². The average Bonchev–Trinajstić information content (AvgIpc) is 2.27. The fourth-order valence-electron chi connectivity index (χ4n) is 1.73. The van der Waals surface area contributed by atoms with Gasteiger partial charge in [0.15, 0.2) is 0 Å². The highest BCUT2D eigenvalue weighted by Gasteiger charge is 2.23. The Hall–Kier alpha value is -0.580. The van der Waals surface area contributed by atoms with Gasteiger partial charge in [0.2, 0.25) is 0 Å². The Labute approximate surface area is 117 Å². The van der Waals surface area contributed by atoms with Crippen LogP contribution < -0.4 is 0 Å². The summed E-state index contributed by atoms with van der Waals surface area (Å²) in [6.45, 7) is 6.18. The Morgan fingerprint density at radius 1 is 1.22 bits per heavy atom. The summed E-state index contributed by atoms with van der Waals surface area (Å²) in [7, 11) is 0. The minimum absolute atomic E-state index is 0.0177. The molecule has 18 heavy (non-hydrogen) atoms. The van der Waals surface area contributed by atoms with Gasteiger partial charge in [-0.25, -0.2) is 0 Å². The number of aromatic hydroxyl groups is 1. The van der Waals surface area contributed by atoms with Gasteiger partial charge in [0.1, 0.15) is 11.9 Å². The van der Waals surface area contributed by atoms with Gasteiger partial charge in [-0.1, -0.05) is 42.8 Å². The van der Waals surface area contributed by atoms with Crippen LogP contribution in [0.5, 0.6) is 5.75 Å². The van der Waals surface area contributed by atoms with Crippen molar-refractivity contribution < 1.29 is 15.3 Å². The zero-order chi connectivity index (χ0) is 13.9. The lowest BCUT2D eigenvalue weighted by Gasteiger charge is -2.23. The first kappa shape index (κ1) is 15.5. The molecule has 1 aromatic rings. The molecule has 2 atom stereocenters. The number of benzene rings is 1. The zero-order valence-corrected chi connectivity index (χ0v) is 12.6. The van der Waals surface area contributed by atoms with E-state index in [0.717, 1.165) is 5.56 Å². The average molecular weight is 317 g/mol. The van der Waals surface area contributed by atoms with Crippen molar-refractivity contribution in [1.82, 2.24) is 0 Å². The highest BCUT2D eigenvalue weighted by molar-refractivity contribution is 9.09. The second-order valence-corrected chi connectivity index (χ2v) is 6.31. The SMILES string of the molecule is CC(C)(C)c1ccc(O)c(C(O)C(O)CCBr)c1. The van der Waals surface area contributed by atoms with Gasteiger partial charge in [-0.05, 0) is 29.5 Å². The smallest absolute Gasteiger partial charge is 0.121 e. The second-order valence-electron chi connectivity index (χ2n) is 5.51. The van der Waals surface area contributed by atoms with Crippen molar-refractivity contribution in [1.29, 1.82) is 0 Å². The molecule has 1 rings (SSSR count). The lowest BCUT2D eigenvalue weighted by molar-refractivity contribution is 0.0159. The van der Waals surface area contributed by atoms with Gasteiger partial charge in [-0.2, -0.15) is 0 Å². The molecule has 0 fully saturated rings.